The maximum Gasteiger partial charge on any atom is 0.217 e. The predicted molar refractivity (Wildman–Crippen MR) is 62.7 cm³/mol. The Balaban J connectivity index is 1.83. The normalized spacial score (nSPS) is 36.8. The molecule has 0 amide bonds. The number of sulfonamides is 1. The maximum atomic E-state index is 12.3. The molecule has 2 unspecified atom stereocenters. The predicted octanol–water partition coefficient (Wildman–Crippen LogP) is 0.647. The van der Waals surface area contributed by atoms with E-state index in [-0.39, 0.29) is 17.3 Å². The highest BCUT2D eigenvalue weighted by molar-refractivity contribution is 7.90. The van der Waals surface area contributed by atoms with Gasteiger partial charge in [-0.15, -0.1) is 0 Å². The van der Waals surface area contributed by atoms with E-state index < -0.39 is 10.0 Å². The monoisotopic (exact) mass is 244 g/mol. The van der Waals surface area contributed by atoms with Crippen LogP contribution in [-0.2, 0) is 10.0 Å². The maximum absolute atomic E-state index is 12.3. The molecule has 0 aromatic heterocycles. The van der Waals surface area contributed by atoms with Gasteiger partial charge in [0.1, 0.15) is 0 Å². The van der Waals surface area contributed by atoms with Crippen molar-refractivity contribution in [1.82, 2.24) is 9.21 Å². The lowest BCUT2D eigenvalue weighted by Gasteiger charge is -2.39. The largest absolute Gasteiger partial charge is 0.300 e. The average molecular weight is 244 g/mol. The van der Waals surface area contributed by atoms with E-state index >= 15 is 0 Å². The summed E-state index contributed by atoms with van der Waals surface area (Å²) in [5, 5.41) is -0.0382. The van der Waals surface area contributed by atoms with Gasteiger partial charge >= 0.3 is 0 Å². The van der Waals surface area contributed by atoms with Crippen molar-refractivity contribution in [3.63, 3.8) is 0 Å². The van der Waals surface area contributed by atoms with Crippen LogP contribution in [0.4, 0.5) is 0 Å². The Morgan fingerprint density at radius 2 is 1.62 bits per heavy atom. The Bertz CT molecular complexity index is 363. The van der Waals surface area contributed by atoms with Crippen molar-refractivity contribution in [2.45, 2.75) is 49.9 Å². The van der Waals surface area contributed by atoms with Gasteiger partial charge in [-0.1, -0.05) is 6.92 Å². The number of hydrogen-bond donors (Lipinski definition) is 0. The van der Waals surface area contributed by atoms with E-state index in [0.717, 1.165) is 45.3 Å². The van der Waals surface area contributed by atoms with Gasteiger partial charge in [-0.2, -0.15) is 4.31 Å². The first kappa shape index (κ1) is 11.0. The molecule has 2 saturated heterocycles. The third-order valence-electron chi connectivity index (χ3n) is 4.18. The molecule has 1 aliphatic carbocycles. The summed E-state index contributed by atoms with van der Waals surface area (Å²) < 4.78 is 26.5. The Kier molecular flexibility index (Phi) is 2.53. The molecular formula is C11H20N2O2S. The fraction of sp³-hybridized carbons (Fsp3) is 1.00. The molecule has 2 heterocycles. The zero-order chi connectivity index (χ0) is 11.3. The van der Waals surface area contributed by atoms with Crippen LogP contribution in [0.5, 0.6) is 0 Å². The fourth-order valence-corrected chi connectivity index (χ4v) is 5.41. The highest BCUT2D eigenvalue weighted by Crippen LogP contribution is 2.39. The number of hydrogen-bond acceptors (Lipinski definition) is 3. The van der Waals surface area contributed by atoms with Crippen molar-refractivity contribution in [1.29, 1.82) is 0 Å². The molecule has 3 aliphatic rings. The van der Waals surface area contributed by atoms with Crippen LogP contribution in [-0.4, -0.2) is 54.6 Å². The SMILES string of the molecule is CCN1CC2CCC(C1)N2S(=O)(=O)C1CC1. The van der Waals surface area contributed by atoms with Crippen LogP contribution in [0.2, 0.25) is 0 Å². The molecule has 3 rings (SSSR count). The molecule has 0 radical (unpaired) electrons. The second-order valence-electron chi connectivity index (χ2n) is 5.31. The number of rotatable bonds is 3. The Morgan fingerprint density at radius 3 is 2.06 bits per heavy atom. The first-order valence-electron chi connectivity index (χ1n) is 6.37. The molecule has 5 heteroatoms. The summed E-state index contributed by atoms with van der Waals surface area (Å²) in [7, 11) is -2.95. The summed E-state index contributed by atoms with van der Waals surface area (Å²) in [4.78, 5) is 2.39. The van der Waals surface area contributed by atoms with Gasteiger partial charge in [-0.3, -0.25) is 0 Å². The Morgan fingerprint density at radius 1 is 1.06 bits per heavy atom. The topological polar surface area (TPSA) is 40.6 Å². The number of piperazine rings is 1. The van der Waals surface area contributed by atoms with Gasteiger partial charge in [0.25, 0.3) is 0 Å². The molecule has 16 heavy (non-hydrogen) atoms. The van der Waals surface area contributed by atoms with E-state index in [1.807, 2.05) is 4.31 Å². The van der Waals surface area contributed by atoms with Crippen LogP contribution in [0.3, 0.4) is 0 Å². The van der Waals surface area contributed by atoms with Crippen molar-refractivity contribution in [2.75, 3.05) is 19.6 Å². The smallest absolute Gasteiger partial charge is 0.217 e. The molecule has 0 N–H and O–H groups in total. The van der Waals surface area contributed by atoms with Crippen molar-refractivity contribution in [2.24, 2.45) is 0 Å². The number of likely N-dealkylation sites (tertiary alicyclic amines) is 1. The molecule has 2 aliphatic heterocycles. The summed E-state index contributed by atoms with van der Waals surface area (Å²) in [5.74, 6) is 0. The van der Waals surface area contributed by atoms with Crippen molar-refractivity contribution < 1.29 is 8.42 Å². The summed E-state index contributed by atoms with van der Waals surface area (Å²) >= 11 is 0. The van der Waals surface area contributed by atoms with E-state index in [9.17, 15) is 8.42 Å². The summed E-state index contributed by atoms with van der Waals surface area (Å²) in [6.07, 6.45) is 3.89. The highest BCUT2D eigenvalue weighted by atomic mass is 32.2. The first-order valence-corrected chi connectivity index (χ1v) is 7.88. The van der Waals surface area contributed by atoms with Gasteiger partial charge in [0.05, 0.1) is 5.25 Å². The van der Waals surface area contributed by atoms with Gasteiger partial charge < -0.3 is 4.90 Å². The van der Waals surface area contributed by atoms with Crippen LogP contribution in [0.25, 0.3) is 0 Å². The second kappa shape index (κ2) is 3.68. The van der Waals surface area contributed by atoms with Gasteiger partial charge in [0.15, 0.2) is 0 Å². The molecule has 0 aromatic carbocycles. The lowest BCUT2D eigenvalue weighted by molar-refractivity contribution is 0.134. The van der Waals surface area contributed by atoms with E-state index in [4.69, 9.17) is 0 Å². The van der Waals surface area contributed by atoms with E-state index in [1.165, 1.54) is 0 Å². The Hall–Kier alpha value is -0.130. The molecule has 4 nitrogen and oxygen atoms in total. The lowest BCUT2D eigenvalue weighted by atomic mass is 10.2. The first-order chi connectivity index (χ1) is 7.63. The van der Waals surface area contributed by atoms with Crippen molar-refractivity contribution in [3.8, 4) is 0 Å². The van der Waals surface area contributed by atoms with Gasteiger partial charge in [0, 0.05) is 25.2 Å². The molecule has 0 spiro atoms. The zero-order valence-corrected chi connectivity index (χ0v) is 10.6. The minimum absolute atomic E-state index is 0.0382. The highest BCUT2D eigenvalue weighted by Gasteiger charge is 2.50. The summed E-state index contributed by atoms with van der Waals surface area (Å²) in [5.41, 5.74) is 0. The van der Waals surface area contributed by atoms with Crippen molar-refractivity contribution in [3.05, 3.63) is 0 Å². The van der Waals surface area contributed by atoms with Crippen LogP contribution in [0.15, 0.2) is 0 Å². The summed E-state index contributed by atoms with van der Waals surface area (Å²) in [6, 6.07) is 0.536. The van der Waals surface area contributed by atoms with E-state index in [0.29, 0.717) is 0 Å². The van der Waals surface area contributed by atoms with Gasteiger partial charge in [0.2, 0.25) is 10.0 Å². The molecular weight excluding hydrogens is 224 g/mol. The van der Waals surface area contributed by atoms with Gasteiger partial charge in [-0.25, -0.2) is 8.42 Å². The third kappa shape index (κ3) is 1.60. The van der Waals surface area contributed by atoms with E-state index in [1.54, 1.807) is 0 Å². The standard InChI is InChI=1S/C11H20N2O2S/c1-2-12-7-9-3-4-10(8-12)13(9)16(14,15)11-5-6-11/h9-11H,2-8H2,1H3. The van der Waals surface area contributed by atoms with Crippen LogP contribution >= 0.6 is 0 Å². The lowest BCUT2D eigenvalue weighted by Crippen LogP contribution is -2.56. The number of nitrogens with zero attached hydrogens (tertiary/aromatic N) is 2. The Labute approximate surface area is 97.7 Å². The summed E-state index contributed by atoms with van der Waals surface area (Å²) in [6.45, 7) is 5.09. The van der Waals surface area contributed by atoms with Crippen LogP contribution in [0.1, 0.15) is 32.6 Å². The molecule has 92 valence electrons. The minimum Gasteiger partial charge on any atom is -0.300 e. The van der Waals surface area contributed by atoms with Crippen LogP contribution < -0.4 is 0 Å². The molecule has 2 bridgehead atoms. The zero-order valence-electron chi connectivity index (χ0n) is 9.80. The molecule has 1 saturated carbocycles. The molecule has 2 atom stereocenters. The van der Waals surface area contributed by atoms with Crippen molar-refractivity contribution >= 4 is 10.0 Å². The third-order valence-corrected chi connectivity index (χ3v) is 6.68. The quantitative estimate of drug-likeness (QED) is 0.732. The number of fused-ring (bicyclic) bond motifs is 2. The molecule has 3 fully saturated rings. The molecule has 0 aromatic rings. The second-order valence-corrected chi connectivity index (χ2v) is 7.43. The fourth-order valence-electron chi connectivity index (χ4n) is 3.16. The number of likely N-dealkylation sites (N-methyl/N-ethyl adjacent to an activating group) is 1. The van der Waals surface area contributed by atoms with E-state index in [2.05, 4.69) is 11.8 Å². The minimum atomic E-state index is -2.95. The van der Waals surface area contributed by atoms with Gasteiger partial charge in [-0.05, 0) is 32.2 Å². The average Bonchev–Trinajstić information content (AvgIpc) is 3.05. The van der Waals surface area contributed by atoms with Crippen LogP contribution in [0, 0.1) is 0 Å².